The monoisotopic (exact) mass is 277 g/mol. The van der Waals surface area contributed by atoms with Gasteiger partial charge in [-0.2, -0.15) is 0 Å². The van der Waals surface area contributed by atoms with Crippen LogP contribution in [0.4, 0.5) is 0 Å². The van der Waals surface area contributed by atoms with Crippen molar-refractivity contribution in [3.05, 3.63) is 35.4 Å². The van der Waals surface area contributed by atoms with Gasteiger partial charge >= 0.3 is 5.97 Å². The van der Waals surface area contributed by atoms with Crippen LogP contribution in [-0.4, -0.2) is 45.5 Å². The summed E-state index contributed by atoms with van der Waals surface area (Å²) in [5.74, 6) is -2.31. The van der Waals surface area contributed by atoms with Crippen molar-refractivity contribution in [1.82, 2.24) is 4.90 Å². The Morgan fingerprint density at radius 1 is 1.20 bits per heavy atom. The molecule has 0 bridgehead atoms. The lowest BCUT2D eigenvalue weighted by atomic mass is 9.86. The zero-order valence-electron chi connectivity index (χ0n) is 11.2. The molecule has 1 heterocycles. The highest BCUT2D eigenvalue weighted by molar-refractivity contribution is 6.21. The molecule has 2 N–H and O–H groups in total. The van der Waals surface area contributed by atoms with Gasteiger partial charge < -0.3 is 10.2 Å². The molecule has 20 heavy (non-hydrogen) atoms. The number of carboxylic acid groups (broad SMARTS) is 1. The van der Waals surface area contributed by atoms with E-state index in [2.05, 4.69) is 0 Å². The van der Waals surface area contributed by atoms with Gasteiger partial charge in [-0.05, 0) is 12.1 Å². The fourth-order valence-electron chi connectivity index (χ4n) is 2.21. The molecule has 1 aliphatic rings. The topological polar surface area (TPSA) is 94.9 Å². The third kappa shape index (κ3) is 2.18. The van der Waals surface area contributed by atoms with Gasteiger partial charge in [-0.1, -0.05) is 26.0 Å². The molecule has 2 rings (SSSR count). The predicted molar refractivity (Wildman–Crippen MR) is 69.2 cm³/mol. The summed E-state index contributed by atoms with van der Waals surface area (Å²) < 4.78 is 0. The van der Waals surface area contributed by atoms with Gasteiger partial charge in [-0.3, -0.25) is 14.5 Å². The summed E-state index contributed by atoms with van der Waals surface area (Å²) in [6, 6.07) is 6.42. The number of nitrogens with zero attached hydrogens (tertiary/aromatic N) is 1. The zero-order chi connectivity index (χ0) is 15.1. The van der Waals surface area contributed by atoms with Crippen LogP contribution in [0.25, 0.3) is 0 Å². The van der Waals surface area contributed by atoms with Gasteiger partial charge in [0.2, 0.25) is 0 Å². The van der Waals surface area contributed by atoms with Gasteiger partial charge in [0.05, 0.1) is 11.1 Å². The first kappa shape index (κ1) is 14.2. The van der Waals surface area contributed by atoms with Gasteiger partial charge in [0.15, 0.2) is 6.10 Å². The molecular weight excluding hydrogens is 262 g/mol. The first-order chi connectivity index (χ1) is 9.25. The number of imide groups is 1. The van der Waals surface area contributed by atoms with Crippen LogP contribution in [0.5, 0.6) is 0 Å². The Kier molecular flexibility index (Phi) is 3.35. The van der Waals surface area contributed by atoms with E-state index in [9.17, 15) is 19.5 Å². The average Bonchev–Trinajstić information content (AvgIpc) is 2.63. The van der Waals surface area contributed by atoms with Crippen molar-refractivity contribution in [3.63, 3.8) is 0 Å². The van der Waals surface area contributed by atoms with Gasteiger partial charge in [0, 0.05) is 12.0 Å². The maximum Gasteiger partial charge on any atom is 0.333 e. The Morgan fingerprint density at radius 2 is 1.65 bits per heavy atom. The highest BCUT2D eigenvalue weighted by Crippen LogP contribution is 2.29. The number of hydrogen-bond donors (Lipinski definition) is 2. The molecule has 1 aliphatic heterocycles. The highest BCUT2D eigenvalue weighted by atomic mass is 16.4. The van der Waals surface area contributed by atoms with Crippen molar-refractivity contribution in [2.75, 3.05) is 6.54 Å². The Morgan fingerprint density at radius 3 is 2.05 bits per heavy atom. The predicted octanol–water partition coefficient (Wildman–Crippen LogP) is 0.754. The number of aliphatic carboxylic acids is 1. The Bertz CT molecular complexity index is 558. The number of rotatable bonds is 4. The summed E-state index contributed by atoms with van der Waals surface area (Å²) in [6.07, 6.45) is -1.66. The minimum Gasteiger partial charge on any atom is -0.479 e. The van der Waals surface area contributed by atoms with Crippen molar-refractivity contribution in [1.29, 1.82) is 0 Å². The minimum atomic E-state index is -1.66. The number of hydrogen-bond acceptors (Lipinski definition) is 4. The largest absolute Gasteiger partial charge is 0.479 e. The summed E-state index contributed by atoms with van der Waals surface area (Å²) in [7, 11) is 0. The van der Waals surface area contributed by atoms with E-state index in [0.717, 1.165) is 4.90 Å². The first-order valence-electron chi connectivity index (χ1n) is 6.12. The molecule has 0 fully saturated rings. The molecule has 1 aromatic carbocycles. The van der Waals surface area contributed by atoms with Crippen molar-refractivity contribution < 1.29 is 24.6 Å². The van der Waals surface area contributed by atoms with Crippen LogP contribution in [0.15, 0.2) is 24.3 Å². The van der Waals surface area contributed by atoms with Gasteiger partial charge in [-0.15, -0.1) is 0 Å². The Hall–Kier alpha value is -2.21. The summed E-state index contributed by atoms with van der Waals surface area (Å²) >= 11 is 0. The number of carbonyl (C=O) groups is 3. The van der Waals surface area contributed by atoms with E-state index in [4.69, 9.17) is 5.11 Å². The lowest BCUT2D eigenvalue weighted by Gasteiger charge is -2.31. The summed E-state index contributed by atoms with van der Waals surface area (Å²) in [6.45, 7) is 2.83. The number of fused-ring (bicyclic) bond motifs is 1. The first-order valence-corrected chi connectivity index (χ1v) is 6.12. The molecule has 2 amide bonds. The molecule has 0 unspecified atom stereocenters. The number of amides is 2. The Balaban J connectivity index is 2.27. The van der Waals surface area contributed by atoms with Gasteiger partial charge in [0.25, 0.3) is 11.8 Å². The molecular formula is C14H15NO5. The fourth-order valence-corrected chi connectivity index (χ4v) is 2.21. The lowest BCUT2D eigenvalue weighted by Crippen LogP contribution is -2.46. The third-order valence-corrected chi connectivity index (χ3v) is 3.42. The third-order valence-electron chi connectivity index (χ3n) is 3.42. The van der Waals surface area contributed by atoms with Crippen molar-refractivity contribution >= 4 is 17.8 Å². The molecule has 0 spiro atoms. The van der Waals surface area contributed by atoms with Crippen LogP contribution in [0, 0.1) is 5.41 Å². The van der Waals surface area contributed by atoms with E-state index in [1.54, 1.807) is 24.3 Å². The molecule has 0 aromatic heterocycles. The van der Waals surface area contributed by atoms with E-state index < -0.39 is 29.3 Å². The number of aliphatic hydroxyl groups excluding tert-OH is 1. The molecule has 0 aliphatic carbocycles. The van der Waals surface area contributed by atoms with E-state index in [-0.39, 0.29) is 6.54 Å². The second-order valence-electron chi connectivity index (χ2n) is 5.47. The van der Waals surface area contributed by atoms with Crippen LogP contribution in [0.2, 0.25) is 0 Å². The summed E-state index contributed by atoms with van der Waals surface area (Å²) in [5.41, 5.74) is -0.532. The van der Waals surface area contributed by atoms with Crippen LogP contribution < -0.4 is 0 Å². The summed E-state index contributed by atoms with van der Waals surface area (Å²) in [5, 5.41) is 18.5. The molecule has 1 aromatic rings. The van der Waals surface area contributed by atoms with E-state index in [1.165, 1.54) is 13.8 Å². The average molecular weight is 277 g/mol. The SMILES string of the molecule is CC(C)(CN1C(=O)c2ccccc2C1=O)[C@H](O)C(=O)O. The quantitative estimate of drug-likeness (QED) is 0.792. The molecule has 1 atom stereocenters. The normalized spacial score (nSPS) is 16.2. The molecule has 6 heteroatoms. The standard InChI is InChI=1S/C14H15NO5/c1-14(2,10(16)13(19)20)7-15-11(17)8-5-3-4-6-9(8)12(15)18/h3-6,10,16H,7H2,1-2H3,(H,19,20)/t10-/m1/s1. The highest BCUT2D eigenvalue weighted by Gasteiger charge is 2.42. The van der Waals surface area contributed by atoms with Crippen molar-refractivity contribution in [2.24, 2.45) is 5.41 Å². The number of benzene rings is 1. The minimum absolute atomic E-state index is 0.160. The molecule has 0 saturated carbocycles. The van der Waals surface area contributed by atoms with Gasteiger partial charge in [0.1, 0.15) is 0 Å². The second-order valence-corrected chi connectivity index (χ2v) is 5.47. The number of carboxylic acids is 1. The van der Waals surface area contributed by atoms with E-state index in [0.29, 0.717) is 11.1 Å². The summed E-state index contributed by atoms with van der Waals surface area (Å²) in [4.78, 5) is 36.2. The van der Waals surface area contributed by atoms with Crippen molar-refractivity contribution in [2.45, 2.75) is 20.0 Å². The van der Waals surface area contributed by atoms with E-state index in [1.807, 2.05) is 0 Å². The lowest BCUT2D eigenvalue weighted by molar-refractivity contribution is -0.153. The molecule has 106 valence electrons. The second kappa shape index (κ2) is 4.72. The Labute approximate surface area is 115 Å². The van der Waals surface area contributed by atoms with Gasteiger partial charge in [-0.25, -0.2) is 4.79 Å². The maximum absolute atomic E-state index is 12.2. The zero-order valence-corrected chi connectivity index (χ0v) is 11.2. The van der Waals surface area contributed by atoms with Crippen molar-refractivity contribution in [3.8, 4) is 0 Å². The van der Waals surface area contributed by atoms with Crippen LogP contribution in [-0.2, 0) is 4.79 Å². The van der Waals surface area contributed by atoms with Crippen LogP contribution >= 0.6 is 0 Å². The smallest absolute Gasteiger partial charge is 0.333 e. The van der Waals surface area contributed by atoms with Crippen LogP contribution in [0.1, 0.15) is 34.6 Å². The van der Waals surface area contributed by atoms with E-state index >= 15 is 0 Å². The number of carbonyl (C=O) groups excluding carboxylic acids is 2. The molecule has 0 saturated heterocycles. The number of aliphatic hydroxyl groups is 1. The fraction of sp³-hybridized carbons (Fsp3) is 0.357. The molecule has 6 nitrogen and oxygen atoms in total. The molecule has 0 radical (unpaired) electrons. The van der Waals surface area contributed by atoms with Crippen LogP contribution in [0.3, 0.4) is 0 Å². The maximum atomic E-state index is 12.2.